The van der Waals surface area contributed by atoms with E-state index in [4.69, 9.17) is 4.74 Å². The van der Waals surface area contributed by atoms with Gasteiger partial charge in [0.25, 0.3) is 0 Å². The summed E-state index contributed by atoms with van der Waals surface area (Å²) in [5.74, 6) is -1.73. The van der Waals surface area contributed by atoms with Crippen LogP contribution in [-0.4, -0.2) is 47.9 Å². The van der Waals surface area contributed by atoms with Crippen LogP contribution in [0.1, 0.15) is 52.0 Å². The first-order valence-electron chi connectivity index (χ1n) is 11.0. The molecule has 0 radical (unpaired) electrons. The summed E-state index contributed by atoms with van der Waals surface area (Å²) in [5, 5.41) is 14.8. The summed E-state index contributed by atoms with van der Waals surface area (Å²) < 4.78 is 34.4. The number of rotatable bonds is 9. The van der Waals surface area contributed by atoms with Gasteiger partial charge in [-0.2, -0.15) is 8.78 Å². The second kappa shape index (κ2) is 11.8. The maximum atomic E-state index is 12.7. The second-order valence-electron chi connectivity index (χ2n) is 9.23. The Morgan fingerprint density at radius 3 is 2.39 bits per heavy atom. The average Bonchev–Trinajstić information content (AvgIpc) is 2.70. The molecule has 184 valence electrons. The molecule has 1 atom stereocenters. The number of hydrogen-bond acceptors (Lipinski definition) is 5. The quantitative estimate of drug-likeness (QED) is 0.507. The molecule has 0 spiro atoms. The zero-order valence-corrected chi connectivity index (χ0v) is 19.1. The van der Waals surface area contributed by atoms with Crippen molar-refractivity contribution in [2.75, 3.05) is 6.54 Å². The molecule has 1 fully saturated rings. The van der Waals surface area contributed by atoms with Gasteiger partial charge < -0.3 is 25.2 Å². The van der Waals surface area contributed by atoms with Gasteiger partial charge in [0.15, 0.2) is 0 Å². The zero-order valence-electron chi connectivity index (χ0n) is 19.1. The van der Waals surface area contributed by atoms with Gasteiger partial charge in [-0.05, 0) is 70.1 Å². The highest BCUT2D eigenvalue weighted by molar-refractivity contribution is 5.85. The topological polar surface area (TPSA) is 114 Å². The van der Waals surface area contributed by atoms with Crippen LogP contribution in [0.25, 0.3) is 0 Å². The summed E-state index contributed by atoms with van der Waals surface area (Å²) in [7, 11) is 0. The van der Waals surface area contributed by atoms with E-state index < -0.39 is 30.3 Å². The van der Waals surface area contributed by atoms with Crippen LogP contribution in [0.4, 0.5) is 13.6 Å². The number of hydrogen-bond donors (Lipinski definition) is 3. The molecule has 1 unspecified atom stereocenters. The normalized spacial score (nSPS) is 19.5. The molecule has 0 aromatic heterocycles. The lowest BCUT2D eigenvalue weighted by Gasteiger charge is -2.29. The molecule has 0 bridgehead atoms. The van der Waals surface area contributed by atoms with E-state index in [1.807, 2.05) is 0 Å². The molecule has 2 rings (SSSR count). The van der Waals surface area contributed by atoms with Gasteiger partial charge in [-0.25, -0.2) is 9.59 Å². The van der Waals surface area contributed by atoms with Crippen LogP contribution in [0.3, 0.4) is 0 Å². The molecule has 2 amide bonds. The highest BCUT2D eigenvalue weighted by Crippen LogP contribution is 2.29. The number of ether oxygens (including phenoxy) is 2. The minimum absolute atomic E-state index is 0.0589. The molecule has 0 aliphatic heterocycles. The first-order valence-corrected chi connectivity index (χ1v) is 11.0. The van der Waals surface area contributed by atoms with Crippen molar-refractivity contribution in [3.05, 3.63) is 29.8 Å². The van der Waals surface area contributed by atoms with Crippen molar-refractivity contribution in [1.29, 1.82) is 0 Å². The van der Waals surface area contributed by atoms with Gasteiger partial charge in [0.1, 0.15) is 17.4 Å². The number of carbonyl (C=O) groups excluding carboxylic acids is 2. The van der Waals surface area contributed by atoms with Crippen LogP contribution in [0.2, 0.25) is 0 Å². The molecule has 0 saturated heterocycles. The van der Waals surface area contributed by atoms with E-state index in [0.29, 0.717) is 24.9 Å². The van der Waals surface area contributed by atoms with Crippen LogP contribution in [0.15, 0.2) is 24.3 Å². The lowest BCUT2D eigenvalue weighted by molar-refractivity contribution is -0.142. The van der Waals surface area contributed by atoms with Crippen molar-refractivity contribution >= 4 is 18.0 Å². The third-order valence-electron chi connectivity index (χ3n) is 5.33. The van der Waals surface area contributed by atoms with Gasteiger partial charge >= 0.3 is 18.7 Å². The van der Waals surface area contributed by atoms with Crippen molar-refractivity contribution < 1.29 is 37.7 Å². The van der Waals surface area contributed by atoms with Crippen molar-refractivity contribution in [3.8, 4) is 5.75 Å². The van der Waals surface area contributed by atoms with Gasteiger partial charge in [0, 0.05) is 18.9 Å². The Morgan fingerprint density at radius 1 is 1.15 bits per heavy atom. The molecule has 10 heteroatoms. The fourth-order valence-electron chi connectivity index (χ4n) is 3.74. The molecular formula is C23H32F2N2O6. The predicted octanol–water partition coefficient (Wildman–Crippen LogP) is 3.73. The molecule has 3 N–H and O–H groups in total. The molecule has 1 aliphatic rings. The highest BCUT2D eigenvalue weighted by Gasteiger charge is 2.30. The molecule has 1 saturated carbocycles. The van der Waals surface area contributed by atoms with Crippen LogP contribution in [-0.2, 0) is 20.7 Å². The highest BCUT2D eigenvalue weighted by atomic mass is 19.3. The van der Waals surface area contributed by atoms with Gasteiger partial charge in [0.05, 0.1) is 0 Å². The van der Waals surface area contributed by atoms with Gasteiger partial charge in [0.2, 0.25) is 5.91 Å². The maximum absolute atomic E-state index is 12.7. The summed E-state index contributed by atoms with van der Waals surface area (Å²) >= 11 is 0. The number of carboxylic acid groups (broad SMARTS) is 1. The monoisotopic (exact) mass is 470 g/mol. The number of nitrogens with one attached hydrogen (secondary N) is 2. The van der Waals surface area contributed by atoms with Crippen LogP contribution in [0, 0.1) is 11.8 Å². The Morgan fingerprint density at radius 2 is 1.82 bits per heavy atom. The fraction of sp³-hybridized carbons (Fsp3) is 0.609. The number of carbonyl (C=O) groups is 3. The summed E-state index contributed by atoms with van der Waals surface area (Å²) in [4.78, 5) is 36.1. The lowest BCUT2D eigenvalue weighted by atomic mass is 9.81. The SMILES string of the molecule is CC(C)(C)OC(=O)NC[C@H]1CC[C@H](C(=O)NC(Cc2cccc(OC(F)F)c2)C(=O)O)CC1. The van der Waals surface area contributed by atoms with Gasteiger partial charge in [-0.1, -0.05) is 12.1 Å². The van der Waals surface area contributed by atoms with Crippen molar-refractivity contribution in [3.63, 3.8) is 0 Å². The molecule has 0 heterocycles. The Balaban J connectivity index is 1.83. The van der Waals surface area contributed by atoms with Crippen LogP contribution >= 0.6 is 0 Å². The second-order valence-corrected chi connectivity index (χ2v) is 9.23. The number of amides is 2. The van der Waals surface area contributed by atoms with E-state index in [1.165, 1.54) is 18.2 Å². The summed E-state index contributed by atoms with van der Waals surface area (Å²) in [5.41, 5.74) is -0.115. The van der Waals surface area contributed by atoms with Gasteiger partial charge in [-0.3, -0.25) is 4.79 Å². The van der Waals surface area contributed by atoms with Crippen molar-refractivity contribution in [2.24, 2.45) is 11.8 Å². The minimum Gasteiger partial charge on any atom is -0.480 e. The van der Waals surface area contributed by atoms with E-state index in [9.17, 15) is 28.3 Å². The number of alkyl carbamates (subject to hydrolysis) is 1. The van der Waals surface area contributed by atoms with Crippen molar-refractivity contribution in [2.45, 2.75) is 71.1 Å². The van der Waals surface area contributed by atoms with Crippen LogP contribution < -0.4 is 15.4 Å². The Labute approximate surface area is 192 Å². The number of halogens is 2. The first-order chi connectivity index (χ1) is 15.4. The Bertz CT molecular complexity index is 819. The van der Waals surface area contributed by atoms with E-state index >= 15 is 0 Å². The first kappa shape index (κ1) is 26.3. The molecule has 8 nitrogen and oxygen atoms in total. The van der Waals surface area contributed by atoms with E-state index in [0.717, 1.165) is 12.8 Å². The standard InChI is InChI=1S/C23H32F2N2O6/c1-23(2,3)33-22(31)26-13-14-7-9-16(10-8-14)19(28)27-18(20(29)30)12-15-5-4-6-17(11-15)32-21(24)25/h4-6,11,14,16,18,21H,7-10,12-13H2,1-3H3,(H,26,31)(H,27,28)(H,29,30)/t14-,16-,18?. The molecule has 1 aromatic rings. The van der Waals surface area contributed by atoms with Crippen molar-refractivity contribution in [1.82, 2.24) is 10.6 Å². The number of benzene rings is 1. The molecular weight excluding hydrogens is 438 g/mol. The van der Waals surface area contributed by atoms with E-state index in [1.54, 1.807) is 26.8 Å². The van der Waals surface area contributed by atoms with E-state index in [-0.39, 0.29) is 29.9 Å². The molecule has 1 aromatic carbocycles. The lowest BCUT2D eigenvalue weighted by Crippen LogP contribution is -2.46. The smallest absolute Gasteiger partial charge is 0.407 e. The zero-order chi connectivity index (χ0) is 24.6. The Hall–Kier alpha value is -2.91. The molecule has 1 aliphatic carbocycles. The maximum Gasteiger partial charge on any atom is 0.407 e. The number of aliphatic carboxylic acids is 1. The summed E-state index contributed by atoms with van der Waals surface area (Å²) in [6, 6.07) is 4.56. The number of carboxylic acids is 1. The fourth-order valence-corrected chi connectivity index (χ4v) is 3.74. The average molecular weight is 471 g/mol. The predicted molar refractivity (Wildman–Crippen MR) is 116 cm³/mol. The summed E-state index contributed by atoms with van der Waals surface area (Å²) in [6.07, 6.45) is 2.07. The summed E-state index contributed by atoms with van der Waals surface area (Å²) in [6.45, 7) is 2.83. The molecule has 33 heavy (non-hydrogen) atoms. The largest absolute Gasteiger partial charge is 0.480 e. The minimum atomic E-state index is -2.98. The third-order valence-corrected chi connectivity index (χ3v) is 5.33. The van der Waals surface area contributed by atoms with Gasteiger partial charge in [-0.15, -0.1) is 0 Å². The Kier molecular flexibility index (Phi) is 9.43. The third kappa shape index (κ3) is 9.63. The van der Waals surface area contributed by atoms with Crippen LogP contribution in [0.5, 0.6) is 5.75 Å². The number of alkyl halides is 2. The van der Waals surface area contributed by atoms with E-state index in [2.05, 4.69) is 15.4 Å².